The minimum Gasteiger partial charge on any atom is -0.481 e. The second-order valence-electron chi connectivity index (χ2n) is 7.07. The van der Waals surface area contributed by atoms with Crippen molar-refractivity contribution in [3.8, 4) is 22.9 Å². The minimum atomic E-state index is -4.20. The number of halogens is 2. The second-order valence-corrected chi connectivity index (χ2v) is 9.12. The number of ether oxygens (including phenoxy) is 1. The zero-order chi connectivity index (χ0) is 24.2. The van der Waals surface area contributed by atoms with Crippen LogP contribution in [0.2, 0.25) is 0 Å². The van der Waals surface area contributed by atoms with Crippen LogP contribution in [0, 0.1) is 23.0 Å². The molecular weight excluding hydrogens is 454 g/mol. The third-order valence-corrected chi connectivity index (χ3v) is 6.43. The van der Waals surface area contributed by atoms with Crippen molar-refractivity contribution >= 4 is 16.0 Å². The van der Waals surface area contributed by atoms with Crippen LogP contribution in [-0.4, -0.2) is 37.5 Å². The average molecular weight is 472 g/mol. The lowest BCUT2D eigenvalue weighted by Crippen LogP contribution is -2.26. The van der Waals surface area contributed by atoms with Gasteiger partial charge in [0.05, 0.1) is 16.5 Å². The van der Waals surface area contributed by atoms with Gasteiger partial charge in [0.1, 0.15) is 17.4 Å². The summed E-state index contributed by atoms with van der Waals surface area (Å²) in [7, 11) is -2.93. The smallest absolute Gasteiger partial charge is 0.341 e. The van der Waals surface area contributed by atoms with Gasteiger partial charge in [-0.1, -0.05) is 18.2 Å². The molecule has 0 atom stereocenters. The Balaban J connectivity index is 1.97. The maximum atomic E-state index is 13.5. The van der Waals surface area contributed by atoms with Crippen molar-refractivity contribution in [2.24, 2.45) is 0 Å². The Morgan fingerprint density at radius 1 is 1.09 bits per heavy atom. The molecule has 0 saturated heterocycles. The number of hydrogen-bond donors (Lipinski definition) is 1. The molecule has 7 nitrogen and oxygen atoms in total. The molecule has 1 N–H and O–H groups in total. The van der Waals surface area contributed by atoms with Gasteiger partial charge in [0.25, 0.3) is 0 Å². The van der Waals surface area contributed by atoms with Gasteiger partial charge in [-0.2, -0.15) is 9.57 Å². The van der Waals surface area contributed by atoms with E-state index >= 15 is 0 Å². The largest absolute Gasteiger partial charge is 0.481 e. The topological polar surface area (TPSA) is 108 Å². The van der Waals surface area contributed by atoms with Crippen LogP contribution in [0.4, 0.5) is 8.78 Å². The van der Waals surface area contributed by atoms with E-state index in [4.69, 9.17) is 9.84 Å². The van der Waals surface area contributed by atoms with Crippen LogP contribution >= 0.6 is 0 Å². The summed E-state index contributed by atoms with van der Waals surface area (Å²) >= 11 is 0. The molecule has 33 heavy (non-hydrogen) atoms. The molecule has 0 fully saturated rings. The standard InChI is InChI=1S/C23H18F2N2O5S/c1-27(33(30,31)20-10-18(24)9-19(25)11-20)13-16-5-6-22(32-14-23(28)29)21(8-16)17-4-2-3-15(7-17)12-26/h2-11H,13-14H2,1H3,(H,28,29). The number of hydrogen-bond acceptors (Lipinski definition) is 5. The summed E-state index contributed by atoms with van der Waals surface area (Å²) in [6.07, 6.45) is 0. The first-order valence-electron chi connectivity index (χ1n) is 9.50. The second kappa shape index (κ2) is 9.77. The molecule has 0 aromatic heterocycles. The molecule has 0 spiro atoms. The number of rotatable bonds is 8. The maximum Gasteiger partial charge on any atom is 0.341 e. The molecule has 3 rings (SSSR count). The van der Waals surface area contributed by atoms with E-state index in [2.05, 4.69) is 0 Å². The van der Waals surface area contributed by atoms with Gasteiger partial charge in [0.15, 0.2) is 6.61 Å². The quantitative estimate of drug-likeness (QED) is 0.535. The molecule has 0 heterocycles. The Labute approximate surface area is 189 Å². The highest BCUT2D eigenvalue weighted by atomic mass is 32.2. The highest BCUT2D eigenvalue weighted by molar-refractivity contribution is 7.89. The van der Waals surface area contributed by atoms with Crippen LogP contribution in [0.1, 0.15) is 11.1 Å². The summed E-state index contributed by atoms with van der Waals surface area (Å²) in [6.45, 7) is -0.742. The van der Waals surface area contributed by atoms with Crippen molar-refractivity contribution < 1.29 is 31.8 Å². The van der Waals surface area contributed by atoms with Gasteiger partial charge in [0, 0.05) is 25.2 Å². The van der Waals surface area contributed by atoms with E-state index in [0.29, 0.717) is 28.3 Å². The fourth-order valence-corrected chi connectivity index (χ4v) is 4.32. The molecule has 0 aliphatic rings. The lowest BCUT2D eigenvalue weighted by Gasteiger charge is -2.19. The predicted molar refractivity (Wildman–Crippen MR) is 115 cm³/mol. The molecule has 0 aliphatic carbocycles. The highest BCUT2D eigenvalue weighted by Crippen LogP contribution is 2.32. The molecule has 0 radical (unpaired) electrons. The zero-order valence-corrected chi connectivity index (χ0v) is 18.1. The first-order chi connectivity index (χ1) is 15.6. The maximum absolute atomic E-state index is 13.5. The van der Waals surface area contributed by atoms with E-state index in [0.717, 1.165) is 16.4 Å². The van der Waals surface area contributed by atoms with E-state index in [1.54, 1.807) is 36.4 Å². The van der Waals surface area contributed by atoms with Gasteiger partial charge in [-0.05, 0) is 47.5 Å². The number of carbonyl (C=O) groups is 1. The van der Waals surface area contributed by atoms with Gasteiger partial charge in [-0.3, -0.25) is 0 Å². The van der Waals surface area contributed by atoms with Crippen molar-refractivity contribution in [2.75, 3.05) is 13.7 Å². The van der Waals surface area contributed by atoms with Crippen molar-refractivity contribution in [3.05, 3.63) is 83.4 Å². The highest BCUT2D eigenvalue weighted by Gasteiger charge is 2.23. The molecule has 0 unspecified atom stereocenters. The fourth-order valence-electron chi connectivity index (χ4n) is 3.12. The summed E-state index contributed by atoms with van der Waals surface area (Å²) in [4.78, 5) is 10.4. The van der Waals surface area contributed by atoms with Crippen LogP contribution in [0.3, 0.4) is 0 Å². The normalized spacial score (nSPS) is 11.2. The van der Waals surface area contributed by atoms with E-state index < -0.39 is 39.1 Å². The van der Waals surface area contributed by atoms with Gasteiger partial charge in [0.2, 0.25) is 10.0 Å². The lowest BCUT2D eigenvalue weighted by atomic mass is 10.00. The van der Waals surface area contributed by atoms with Crippen molar-refractivity contribution in [1.29, 1.82) is 5.26 Å². The SMILES string of the molecule is CN(Cc1ccc(OCC(=O)O)c(-c2cccc(C#N)c2)c1)S(=O)(=O)c1cc(F)cc(F)c1. The molecule has 170 valence electrons. The number of benzene rings is 3. The minimum absolute atomic E-state index is 0.148. The number of aliphatic carboxylic acids is 1. The van der Waals surface area contributed by atoms with Gasteiger partial charge in [-0.25, -0.2) is 22.0 Å². The first kappa shape index (κ1) is 23.8. The van der Waals surface area contributed by atoms with E-state index in [-0.39, 0.29) is 12.3 Å². The summed E-state index contributed by atoms with van der Waals surface area (Å²) in [6, 6.07) is 15.2. The molecule has 10 heteroatoms. The van der Waals surface area contributed by atoms with Gasteiger partial charge < -0.3 is 9.84 Å². The van der Waals surface area contributed by atoms with E-state index in [1.165, 1.54) is 13.1 Å². The first-order valence-corrected chi connectivity index (χ1v) is 10.9. The molecular formula is C23H18F2N2O5S. The Morgan fingerprint density at radius 3 is 2.42 bits per heavy atom. The average Bonchev–Trinajstić information content (AvgIpc) is 2.77. The molecule has 0 saturated carbocycles. The number of sulfonamides is 1. The third-order valence-electron chi connectivity index (χ3n) is 4.65. The van der Waals surface area contributed by atoms with Gasteiger partial charge >= 0.3 is 5.97 Å². The number of carboxylic acids is 1. The molecule has 0 aliphatic heterocycles. The molecule has 3 aromatic rings. The molecule has 0 amide bonds. The number of carboxylic acid groups (broad SMARTS) is 1. The van der Waals surface area contributed by atoms with Crippen LogP contribution in [0.15, 0.2) is 65.6 Å². The molecule has 3 aromatic carbocycles. The third kappa shape index (κ3) is 5.71. The Hall–Kier alpha value is -3.81. The van der Waals surface area contributed by atoms with Crippen LogP contribution < -0.4 is 4.74 Å². The Kier molecular flexibility index (Phi) is 7.06. The predicted octanol–water partition coefficient (Wildman–Crippen LogP) is 3.79. The van der Waals surface area contributed by atoms with Crippen molar-refractivity contribution in [2.45, 2.75) is 11.4 Å². The monoisotopic (exact) mass is 472 g/mol. The summed E-state index contributed by atoms with van der Waals surface area (Å²) < 4.78 is 58.9. The lowest BCUT2D eigenvalue weighted by molar-refractivity contribution is -0.139. The number of nitriles is 1. The Bertz CT molecular complexity index is 1330. The summed E-state index contributed by atoms with van der Waals surface area (Å²) in [5.74, 6) is -2.97. The molecule has 0 bridgehead atoms. The fraction of sp³-hybridized carbons (Fsp3) is 0.130. The Morgan fingerprint density at radius 2 is 1.79 bits per heavy atom. The van der Waals surface area contributed by atoms with Gasteiger partial charge in [-0.15, -0.1) is 0 Å². The van der Waals surface area contributed by atoms with Crippen LogP contribution in [0.25, 0.3) is 11.1 Å². The summed E-state index contributed by atoms with van der Waals surface area (Å²) in [5.41, 5.74) is 1.88. The van der Waals surface area contributed by atoms with E-state index in [1.807, 2.05) is 6.07 Å². The zero-order valence-electron chi connectivity index (χ0n) is 17.3. The van der Waals surface area contributed by atoms with Crippen molar-refractivity contribution in [1.82, 2.24) is 4.31 Å². The van der Waals surface area contributed by atoms with Crippen LogP contribution in [0.5, 0.6) is 5.75 Å². The summed E-state index contributed by atoms with van der Waals surface area (Å²) in [5, 5.41) is 18.1. The van der Waals surface area contributed by atoms with Crippen LogP contribution in [-0.2, 0) is 21.4 Å². The van der Waals surface area contributed by atoms with Crippen molar-refractivity contribution in [3.63, 3.8) is 0 Å². The number of nitrogens with zero attached hydrogens (tertiary/aromatic N) is 2. The van der Waals surface area contributed by atoms with E-state index in [9.17, 15) is 27.3 Å².